The van der Waals surface area contributed by atoms with E-state index in [1.807, 2.05) is 31.2 Å². The van der Waals surface area contributed by atoms with Crippen molar-refractivity contribution >= 4 is 45.7 Å². The third kappa shape index (κ3) is 5.89. The second kappa shape index (κ2) is 10.8. The molecule has 3 aromatic rings. The van der Waals surface area contributed by atoms with Crippen LogP contribution in [0.5, 0.6) is 17.2 Å². The van der Waals surface area contributed by atoms with Gasteiger partial charge in [0.1, 0.15) is 0 Å². The van der Waals surface area contributed by atoms with E-state index in [0.29, 0.717) is 32.3 Å². The number of amides is 2. The molecule has 0 saturated heterocycles. The lowest BCUT2D eigenvalue weighted by molar-refractivity contribution is -0.113. The zero-order chi connectivity index (χ0) is 23.1. The minimum absolute atomic E-state index is 0.154. The van der Waals surface area contributed by atoms with Gasteiger partial charge in [0.15, 0.2) is 15.8 Å². The monoisotopic (exact) mass is 474 g/mol. The van der Waals surface area contributed by atoms with E-state index in [-0.39, 0.29) is 11.7 Å². The first-order chi connectivity index (χ1) is 15.4. The molecule has 0 bridgehead atoms. The van der Waals surface area contributed by atoms with Gasteiger partial charge in [0, 0.05) is 11.3 Å². The number of carbonyl (C=O) groups excluding carboxylic acids is 2. The van der Waals surface area contributed by atoms with Crippen molar-refractivity contribution < 1.29 is 23.8 Å². The highest BCUT2D eigenvalue weighted by atomic mass is 32.2. The first-order valence-corrected chi connectivity index (χ1v) is 11.2. The Kier molecular flexibility index (Phi) is 7.90. The molecule has 168 valence electrons. The van der Waals surface area contributed by atoms with Crippen molar-refractivity contribution in [2.45, 2.75) is 11.3 Å². The van der Waals surface area contributed by atoms with E-state index in [4.69, 9.17) is 14.2 Å². The van der Waals surface area contributed by atoms with Crippen LogP contribution in [-0.2, 0) is 4.79 Å². The van der Waals surface area contributed by atoms with Crippen molar-refractivity contribution in [2.24, 2.45) is 0 Å². The van der Waals surface area contributed by atoms with Crippen LogP contribution in [0.1, 0.15) is 15.9 Å². The molecular weight excluding hydrogens is 452 g/mol. The maximum atomic E-state index is 12.7. The molecule has 0 unspecified atom stereocenters. The van der Waals surface area contributed by atoms with Gasteiger partial charge >= 0.3 is 0 Å². The largest absolute Gasteiger partial charge is 0.493 e. The molecule has 0 aliphatic carbocycles. The molecule has 2 amide bonds. The summed E-state index contributed by atoms with van der Waals surface area (Å²) in [6, 6.07) is 10.7. The number of hydrogen-bond donors (Lipinski definition) is 2. The van der Waals surface area contributed by atoms with E-state index in [2.05, 4.69) is 20.8 Å². The number of nitrogens with zero attached hydrogens (tertiary/aromatic N) is 2. The van der Waals surface area contributed by atoms with Gasteiger partial charge in [-0.05, 0) is 36.8 Å². The lowest BCUT2D eigenvalue weighted by atomic mass is 10.1. The zero-order valence-corrected chi connectivity index (χ0v) is 19.6. The summed E-state index contributed by atoms with van der Waals surface area (Å²) in [5, 5.41) is 13.8. The van der Waals surface area contributed by atoms with E-state index < -0.39 is 5.91 Å². The van der Waals surface area contributed by atoms with E-state index >= 15 is 0 Å². The third-order valence-corrected chi connectivity index (χ3v) is 6.15. The summed E-state index contributed by atoms with van der Waals surface area (Å²) in [6.07, 6.45) is 0. The minimum Gasteiger partial charge on any atom is -0.493 e. The van der Waals surface area contributed by atoms with Crippen molar-refractivity contribution in [3.05, 3.63) is 47.5 Å². The van der Waals surface area contributed by atoms with Crippen LogP contribution in [0.3, 0.4) is 0 Å². The Morgan fingerprint density at radius 2 is 1.72 bits per heavy atom. The number of thioether (sulfide) groups is 1. The Balaban J connectivity index is 1.60. The van der Waals surface area contributed by atoms with Gasteiger partial charge in [-0.1, -0.05) is 35.2 Å². The number of nitrogens with one attached hydrogen (secondary N) is 2. The van der Waals surface area contributed by atoms with Gasteiger partial charge < -0.3 is 19.5 Å². The van der Waals surface area contributed by atoms with Crippen LogP contribution in [0.25, 0.3) is 0 Å². The topological polar surface area (TPSA) is 112 Å². The van der Waals surface area contributed by atoms with Gasteiger partial charge in [0.05, 0.1) is 27.1 Å². The number of ether oxygens (including phenoxy) is 3. The van der Waals surface area contributed by atoms with Gasteiger partial charge in [-0.15, -0.1) is 10.2 Å². The standard InChI is InChI=1S/C21H22N4O5S2/c1-12-6-5-7-14(8-12)22-17(26)11-31-21-25-24-20(32-21)23-19(27)13-9-15(28-2)18(30-4)16(10-13)29-3/h5-10H,11H2,1-4H3,(H,22,26)(H,23,24,27). The Morgan fingerprint density at radius 3 is 2.34 bits per heavy atom. The summed E-state index contributed by atoms with van der Waals surface area (Å²) in [6.45, 7) is 1.96. The number of rotatable bonds is 9. The molecule has 1 aromatic heterocycles. The first-order valence-electron chi connectivity index (χ1n) is 9.37. The fourth-order valence-electron chi connectivity index (χ4n) is 2.75. The molecule has 9 nitrogen and oxygen atoms in total. The molecule has 0 fully saturated rings. The van der Waals surface area contributed by atoms with E-state index in [9.17, 15) is 9.59 Å². The Labute approximate surface area is 193 Å². The van der Waals surface area contributed by atoms with Crippen molar-refractivity contribution in [3.8, 4) is 17.2 Å². The lowest BCUT2D eigenvalue weighted by Gasteiger charge is -2.13. The predicted octanol–water partition coefficient (Wildman–Crippen LogP) is 3.86. The number of hydrogen-bond acceptors (Lipinski definition) is 9. The minimum atomic E-state index is -0.408. The van der Waals surface area contributed by atoms with Gasteiger partial charge in [0.2, 0.25) is 16.8 Å². The van der Waals surface area contributed by atoms with Crippen molar-refractivity contribution in [3.63, 3.8) is 0 Å². The van der Waals surface area contributed by atoms with Gasteiger partial charge in [-0.2, -0.15) is 0 Å². The SMILES string of the molecule is COc1cc(C(=O)Nc2nnc(SCC(=O)Nc3cccc(C)c3)s2)cc(OC)c1OC. The summed E-state index contributed by atoms with van der Waals surface area (Å²) in [7, 11) is 4.44. The molecule has 0 saturated carbocycles. The molecule has 11 heteroatoms. The number of methoxy groups -OCH3 is 3. The van der Waals surface area contributed by atoms with Gasteiger partial charge in [-0.25, -0.2) is 0 Å². The third-order valence-electron chi connectivity index (χ3n) is 4.18. The molecule has 3 rings (SSSR count). The molecular formula is C21H22N4O5S2. The quantitative estimate of drug-likeness (QED) is 0.355. The van der Waals surface area contributed by atoms with Crippen molar-refractivity contribution in [1.29, 1.82) is 0 Å². The molecule has 0 spiro atoms. The molecule has 0 aliphatic heterocycles. The van der Waals surface area contributed by atoms with Crippen LogP contribution in [0, 0.1) is 6.92 Å². The van der Waals surface area contributed by atoms with E-state index in [1.54, 1.807) is 12.1 Å². The molecule has 2 N–H and O–H groups in total. The molecule has 0 atom stereocenters. The summed E-state index contributed by atoms with van der Waals surface area (Å²) < 4.78 is 16.4. The van der Waals surface area contributed by atoms with Crippen molar-refractivity contribution in [1.82, 2.24) is 10.2 Å². The smallest absolute Gasteiger partial charge is 0.257 e. The van der Waals surface area contributed by atoms with Gasteiger partial charge in [-0.3, -0.25) is 14.9 Å². The Bertz CT molecular complexity index is 1090. The Hall–Kier alpha value is -3.31. The zero-order valence-electron chi connectivity index (χ0n) is 17.9. The predicted molar refractivity (Wildman–Crippen MR) is 124 cm³/mol. The highest BCUT2D eigenvalue weighted by Crippen LogP contribution is 2.38. The van der Waals surface area contributed by atoms with E-state index in [0.717, 1.165) is 11.3 Å². The fraction of sp³-hybridized carbons (Fsp3) is 0.238. The van der Waals surface area contributed by atoms with Crippen LogP contribution in [0.15, 0.2) is 40.7 Å². The van der Waals surface area contributed by atoms with Crippen LogP contribution in [0.2, 0.25) is 0 Å². The maximum absolute atomic E-state index is 12.7. The van der Waals surface area contributed by atoms with Crippen molar-refractivity contribution in [2.75, 3.05) is 37.7 Å². The Morgan fingerprint density at radius 1 is 1.00 bits per heavy atom. The van der Waals surface area contributed by atoms with Gasteiger partial charge in [0.25, 0.3) is 5.91 Å². The average molecular weight is 475 g/mol. The number of benzene rings is 2. The fourth-order valence-corrected chi connectivity index (χ4v) is 4.29. The highest BCUT2D eigenvalue weighted by molar-refractivity contribution is 8.01. The molecule has 1 heterocycles. The number of carbonyl (C=O) groups is 2. The molecule has 0 radical (unpaired) electrons. The highest BCUT2D eigenvalue weighted by Gasteiger charge is 2.18. The summed E-state index contributed by atoms with van der Waals surface area (Å²) >= 11 is 2.41. The van der Waals surface area contributed by atoms with Crippen LogP contribution >= 0.6 is 23.1 Å². The van der Waals surface area contributed by atoms with Crippen LogP contribution < -0.4 is 24.8 Å². The normalized spacial score (nSPS) is 10.4. The number of aryl methyl sites for hydroxylation is 1. The second-order valence-electron chi connectivity index (χ2n) is 6.45. The summed E-state index contributed by atoms with van der Waals surface area (Å²) in [5.41, 5.74) is 2.11. The van der Waals surface area contributed by atoms with Crippen LogP contribution in [0.4, 0.5) is 10.8 Å². The lowest BCUT2D eigenvalue weighted by Crippen LogP contribution is -2.13. The number of aromatic nitrogens is 2. The average Bonchev–Trinajstić information content (AvgIpc) is 3.23. The summed E-state index contributed by atoms with van der Waals surface area (Å²) in [5.74, 6) is 0.733. The first kappa shape index (κ1) is 23.4. The van der Waals surface area contributed by atoms with E-state index in [1.165, 1.54) is 44.4 Å². The second-order valence-corrected chi connectivity index (χ2v) is 8.65. The number of anilines is 2. The van der Waals surface area contributed by atoms with Crippen LogP contribution in [-0.4, -0.2) is 49.1 Å². The molecule has 0 aliphatic rings. The molecule has 32 heavy (non-hydrogen) atoms. The summed E-state index contributed by atoms with van der Waals surface area (Å²) in [4.78, 5) is 24.8. The maximum Gasteiger partial charge on any atom is 0.257 e. The molecule has 2 aromatic carbocycles.